The Morgan fingerprint density at radius 1 is 1.26 bits per heavy atom. The molecule has 0 atom stereocenters. The first kappa shape index (κ1) is 13.7. The molecule has 3 heteroatoms. The van der Waals surface area contributed by atoms with Gasteiger partial charge in [0.1, 0.15) is 0 Å². The average Bonchev–Trinajstić information content (AvgIpc) is 2.80. The lowest BCUT2D eigenvalue weighted by atomic mass is 10.1. The molecule has 0 bridgehead atoms. The predicted molar refractivity (Wildman–Crippen MR) is 81.1 cm³/mol. The number of aryl methyl sites for hydroxylation is 2. The van der Waals surface area contributed by atoms with Crippen molar-refractivity contribution in [1.29, 1.82) is 0 Å². The minimum atomic E-state index is 0.944. The molecule has 2 rings (SSSR count). The molecule has 0 aliphatic heterocycles. The third kappa shape index (κ3) is 3.37. The van der Waals surface area contributed by atoms with Crippen molar-refractivity contribution >= 4 is 5.95 Å². The number of unbranched alkanes of at least 4 members (excludes halogenated alkanes) is 1. The third-order valence-electron chi connectivity index (χ3n) is 3.24. The first-order valence-electron chi connectivity index (χ1n) is 7.13. The Bertz CT molecular complexity index is 529. The molecule has 0 spiro atoms. The van der Waals surface area contributed by atoms with Gasteiger partial charge in [0.15, 0.2) is 0 Å². The van der Waals surface area contributed by atoms with E-state index in [2.05, 4.69) is 59.2 Å². The monoisotopic (exact) mass is 257 g/mol. The van der Waals surface area contributed by atoms with Gasteiger partial charge in [-0.15, -0.1) is 0 Å². The normalized spacial score (nSPS) is 10.7. The van der Waals surface area contributed by atoms with Crippen LogP contribution in [0.15, 0.2) is 30.5 Å². The molecule has 3 nitrogen and oxygen atoms in total. The number of hydrogen-bond acceptors (Lipinski definition) is 2. The Kier molecular flexibility index (Phi) is 4.61. The van der Waals surface area contributed by atoms with Crippen LogP contribution < -0.4 is 5.32 Å². The molecule has 19 heavy (non-hydrogen) atoms. The maximum Gasteiger partial charge on any atom is 0.207 e. The van der Waals surface area contributed by atoms with Crippen molar-refractivity contribution in [3.8, 4) is 5.69 Å². The quantitative estimate of drug-likeness (QED) is 0.794. The average molecular weight is 257 g/mol. The van der Waals surface area contributed by atoms with Gasteiger partial charge in [-0.3, -0.25) is 4.57 Å². The van der Waals surface area contributed by atoms with Gasteiger partial charge in [0.2, 0.25) is 5.95 Å². The highest BCUT2D eigenvalue weighted by atomic mass is 15.2. The summed E-state index contributed by atoms with van der Waals surface area (Å²) in [5.41, 5.74) is 3.57. The van der Waals surface area contributed by atoms with E-state index < -0.39 is 0 Å². The van der Waals surface area contributed by atoms with Crippen molar-refractivity contribution in [2.45, 2.75) is 40.0 Å². The second kappa shape index (κ2) is 6.41. The third-order valence-corrected chi connectivity index (χ3v) is 3.24. The van der Waals surface area contributed by atoms with E-state index in [9.17, 15) is 0 Å². The predicted octanol–water partition coefficient (Wildman–Crippen LogP) is 3.96. The second-order valence-electron chi connectivity index (χ2n) is 4.88. The zero-order valence-electron chi connectivity index (χ0n) is 12.1. The molecular formula is C16H23N3. The van der Waals surface area contributed by atoms with E-state index in [1.54, 1.807) is 0 Å². The van der Waals surface area contributed by atoms with Crippen molar-refractivity contribution in [2.24, 2.45) is 0 Å². The number of imidazole rings is 1. The van der Waals surface area contributed by atoms with E-state index in [1.165, 1.54) is 24.1 Å². The summed E-state index contributed by atoms with van der Waals surface area (Å²) >= 11 is 0. The highest BCUT2D eigenvalue weighted by molar-refractivity contribution is 5.44. The summed E-state index contributed by atoms with van der Waals surface area (Å²) in [6.07, 6.45) is 5.50. The molecule has 0 radical (unpaired) electrons. The zero-order valence-corrected chi connectivity index (χ0v) is 12.1. The fourth-order valence-corrected chi connectivity index (χ4v) is 2.12. The Hall–Kier alpha value is -1.77. The maximum atomic E-state index is 4.57. The first-order valence-corrected chi connectivity index (χ1v) is 7.13. The topological polar surface area (TPSA) is 29.9 Å². The number of aromatic nitrogens is 2. The minimum absolute atomic E-state index is 0.944. The van der Waals surface area contributed by atoms with Crippen LogP contribution in [0.25, 0.3) is 5.69 Å². The van der Waals surface area contributed by atoms with Gasteiger partial charge in [-0.1, -0.05) is 32.4 Å². The molecule has 0 unspecified atom stereocenters. The van der Waals surface area contributed by atoms with Crippen LogP contribution in [0.4, 0.5) is 5.95 Å². The smallest absolute Gasteiger partial charge is 0.207 e. The summed E-state index contributed by atoms with van der Waals surface area (Å²) in [6, 6.07) is 8.63. The number of rotatable bonds is 6. The van der Waals surface area contributed by atoms with Crippen LogP contribution in [0.1, 0.15) is 37.9 Å². The summed E-state index contributed by atoms with van der Waals surface area (Å²) < 4.78 is 2.14. The first-order chi connectivity index (χ1) is 9.24. The molecule has 2 aromatic rings. The molecule has 102 valence electrons. The largest absolute Gasteiger partial charge is 0.355 e. The Labute approximate surface area is 115 Å². The number of nitrogens with one attached hydrogen (secondary N) is 1. The summed E-state index contributed by atoms with van der Waals surface area (Å²) in [6.45, 7) is 7.38. The molecule has 1 heterocycles. The van der Waals surface area contributed by atoms with Crippen molar-refractivity contribution in [3.05, 3.63) is 41.7 Å². The molecule has 1 aromatic heterocycles. The van der Waals surface area contributed by atoms with Crippen molar-refractivity contribution in [3.63, 3.8) is 0 Å². The number of hydrogen-bond donors (Lipinski definition) is 1. The lowest BCUT2D eigenvalue weighted by molar-refractivity contribution is 0.823. The lowest BCUT2D eigenvalue weighted by Crippen LogP contribution is -2.07. The van der Waals surface area contributed by atoms with Crippen LogP contribution in [0.3, 0.4) is 0 Å². The van der Waals surface area contributed by atoms with E-state index in [0.717, 1.165) is 24.6 Å². The molecule has 0 saturated carbocycles. The fraction of sp³-hybridized carbons (Fsp3) is 0.438. The zero-order chi connectivity index (χ0) is 13.7. The standard InChI is InChI=1S/C16H23N3/c1-4-6-10-17-16-18-13(3)12-19(16)15-9-7-8-14(5-2)11-15/h7-9,11-12H,4-6,10H2,1-3H3,(H,17,18). The molecule has 0 amide bonds. The summed E-state index contributed by atoms with van der Waals surface area (Å²) in [5.74, 6) is 0.944. The van der Waals surface area contributed by atoms with Crippen LogP contribution in [0.5, 0.6) is 0 Å². The number of nitrogens with zero attached hydrogens (tertiary/aromatic N) is 2. The summed E-state index contributed by atoms with van der Waals surface area (Å²) in [7, 11) is 0. The van der Waals surface area contributed by atoms with Gasteiger partial charge in [-0.25, -0.2) is 4.98 Å². The second-order valence-corrected chi connectivity index (χ2v) is 4.88. The SMILES string of the molecule is CCCCNc1nc(C)cn1-c1cccc(CC)c1. The highest BCUT2D eigenvalue weighted by Crippen LogP contribution is 2.18. The summed E-state index contributed by atoms with van der Waals surface area (Å²) in [4.78, 5) is 4.57. The number of benzene rings is 1. The van der Waals surface area contributed by atoms with Gasteiger partial charge in [0.05, 0.1) is 5.69 Å². The van der Waals surface area contributed by atoms with Crippen molar-refractivity contribution < 1.29 is 0 Å². The van der Waals surface area contributed by atoms with Crippen molar-refractivity contribution in [1.82, 2.24) is 9.55 Å². The van der Waals surface area contributed by atoms with Crippen LogP contribution in [0, 0.1) is 6.92 Å². The van der Waals surface area contributed by atoms with Gasteiger partial charge in [-0.2, -0.15) is 0 Å². The molecule has 0 saturated heterocycles. The minimum Gasteiger partial charge on any atom is -0.355 e. The maximum absolute atomic E-state index is 4.57. The molecular weight excluding hydrogens is 234 g/mol. The molecule has 1 N–H and O–H groups in total. The van der Waals surface area contributed by atoms with Gasteiger partial charge in [-0.05, 0) is 37.5 Å². The van der Waals surface area contributed by atoms with Gasteiger partial charge >= 0.3 is 0 Å². The molecule has 1 aromatic carbocycles. The fourth-order valence-electron chi connectivity index (χ4n) is 2.12. The van der Waals surface area contributed by atoms with E-state index in [4.69, 9.17) is 0 Å². The Morgan fingerprint density at radius 3 is 2.84 bits per heavy atom. The highest BCUT2D eigenvalue weighted by Gasteiger charge is 2.07. The Morgan fingerprint density at radius 2 is 2.11 bits per heavy atom. The Balaban J connectivity index is 2.27. The van der Waals surface area contributed by atoms with Crippen LogP contribution in [0.2, 0.25) is 0 Å². The molecule has 0 aliphatic rings. The van der Waals surface area contributed by atoms with Crippen LogP contribution in [-0.2, 0) is 6.42 Å². The van der Waals surface area contributed by atoms with E-state index >= 15 is 0 Å². The van der Waals surface area contributed by atoms with Crippen LogP contribution >= 0.6 is 0 Å². The summed E-state index contributed by atoms with van der Waals surface area (Å²) in [5, 5.41) is 3.42. The lowest BCUT2D eigenvalue weighted by Gasteiger charge is -2.10. The number of anilines is 1. The van der Waals surface area contributed by atoms with E-state index in [1.807, 2.05) is 6.92 Å². The van der Waals surface area contributed by atoms with Gasteiger partial charge in [0, 0.05) is 18.4 Å². The van der Waals surface area contributed by atoms with Gasteiger partial charge < -0.3 is 5.32 Å². The van der Waals surface area contributed by atoms with E-state index in [0.29, 0.717) is 0 Å². The molecule has 0 aliphatic carbocycles. The van der Waals surface area contributed by atoms with Crippen LogP contribution in [-0.4, -0.2) is 16.1 Å². The van der Waals surface area contributed by atoms with Crippen molar-refractivity contribution in [2.75, 3.05) is 11.9 Å². The molecule has 0 fully saturated rings. The van der Waals surface area contributed by atoms with Gasteiger partial charge in [0.25, 0.3) is 0 Å². The van der Waals surface area contributed by atoms with E-state index in [-0.39, 0.29) is 0 Å².